The van der Waals surface area contributed by atoms with E-state index in [2.05, 4.69) is 27.7 Å². The van der Waals surface area contributed by atoms with Crippen molar-refractivity contribution in [3.63, 3.8) is 0 Å². The Morgan fingerprint density at radius 3 is 2.79 bits per heavy atom. The van der Waals surface area contributed by atoms with Crippen LogP contribution in [0.3, 0.4) is 0 Å². The molecule has 0 bridgehead atoms. The van der Waals surface area contributed by atoms with E-state index < -0.39 is 37.3 Å². The molecule has 3 heterocycles. The zero-order chi connectivity index (χ0) is 21.0. The molecule has 2 aliphatic heterocycles. The number of rotatable bonds is 6. The van der Waals surface area contributed by atoms with E-state index >= 15 is 0 Å². The zero-order valence-corrected chi connectivity index (χ0v) is 15.8. The molecule has 1 fully saturated rings. The molecule has 1 aromatic rings. The molecule has 0 amide bonds. The normalized spacial score (nSPS) is 28.3. The molecule has 3 rings (SSSR count). The Bertz CT molecular complexity index is 853. The Kier molecular flexibility index (Phi) is 6.84. The van der Waals surface area contributed by atoms with Gasteiger partial charge in [0.15, 0.2) is 18.2 Å². The number of nitrogens with zero attached hydrogens (tertiary/aromatic N) is 4. The molecule has 5 N–H and O–H groups in total. The third-order valence-corrected chi connectivity index (χ3v) is 4.41. The van der Waals surface area contributed by atoms with Crippen LogP contribution in [0.2, 0.25) is 0 Å². The van der Waals surface area contributed by atoms with Gasteiger partial charge in [-0.3, -0.25) is 9.40 Å². The summed E-state index contributed by atoms with van der Waals surface area (Å²) in [5.74, 6) is 8.45. The van der Waals surface area contributed by atoms with E-state index in [0.717, 1.165) is 0 Å². The van der Waals surface area contributed by atoms with Crippen LogP contribution in [0.1, 0.15) is 25.0 Å². The average Bonchev–Trinajstić information content (AvgIpc) is 3.26. The molecule has 0 spiro atoms. The molecule has 11 nitrogen and oxygen atoms in total. The van der Waals surface area contributed by atoms with Crippen molar-refractivity contribution in [3.05, 3.63) is 12.0 Å². The van der Waals surface area contributed by atoms with Crippen LogP contribution in [-0.4, -0.2) is 80.5 Å². The van der Waals surface area contributed by atoms with Crippen LogP contribution in [0.25, 0.3) is 0 Å². The first kappa shape index (κ1) is 21.2. The van der Waals surface area contributed by atoms with Crippen LogP contribution in [0.4, 0.5) is 5.82 Å². The van der Waals surface area contributed by atoms with E-state index in [-0.39, 0.29) is 24.9 Å². The molecule has 1 saturated heterocycles. The number of hydrogen-bond acceptors (Lipinski definition) is 10. The number of nitrogens with two attached hydrogens (primary N) is 1. The lowest BCUT2D eigenvalue weighted by Gasteiger charge is -2.30. The number of aliphatic imine (C=N–C) groups is 1. The Labute approximate surface area is 167 Å². The number of amidine groups is 1. The first-order chi connectivity index (χ1) is 14.0. The van der Waals surface area contributed by atoms with E-state index in [4.69, 9.17) is 26.5 Å². The monoisotopic (exact) mass is 405 g/mol. The predicted octanol–water partition coefficient (Wildman–Crippen LogP) is -1.60. The maximum absolute atomic E-state index is 10.3. The number of ether oxygens (including phenoxy) is 2. The highest BCUT2D eigenvalue weighted by atomic mass is 16.7. The molecule has 0 aromatic carbocycles. The minimum absolute atomic E-state index is 0.0509. The summed E-state index contributed by atoms with van der Waals surface area (Å²) in [6.45, 7) is 2.06. The number of hydrogen-bond donors (Lipinski definition) is 4. The number of hydroxylamine groups is 2. The van der Waals surface area contributed by atoms with Crippen molar-refractivity contribution in [2.45, 2.75) is 37.6 Å². The van der Waals surface area contributed by atoms with E-state index in [1.165, 1.54) is 16.0 Å². The zero-order valence-electron chi connectivity index (χ0n) is 15.8. The average molecular weight is 405 g/mol. The van der Waals surface area contributed by atoms with Gasteiger partial charge < -0.3 is 30.5 Å². The third-order valence-electron chi connectivity index (χ3n) is 4.41. The number of imidazole rings is 1. The molecule has 0 aliphatic carbocycles. The van der Waals surface area contributed by atoms with E-state index in [9.17, 15) is 15.3 Å². The van der Waals surface area contributed by atoms with Gasteiger partial charge in [0.25, 0.3) is 0 Å². The second-order valence-electron chi connectivity index (χ2n) is 6.21. The SMILES string of the molecule is C#CCON1C(C#CCOCC)=Nc2c(ncn2[C@@H]2O[C@H](CO)C(O)C2O)C1N. The molecular formula is C18H23N5O6. The van der Waals surface area contributed by atoms with Crippen LogP contribution in [0, 0.1) is 24.2 Å². The summed E-state index contributed by atoms with van der Waals surface area (Å²) in [7, 11) is 0. The van der Waals surface area contributed by atoms with Gasteiger partial charge in [0.1, 0.15) is 37.2 Å². The number of aliphatic hydroxyl groups is 3. The molecule has 11 heteroatoms. The lowest BCUT2D eigenvalue weighted by Crippen LogP contribution is -2.41. The lowest BCUT2D eigenvalue weighted by molar-refractivity contribution is -0.115. The summed E-state index contributed by atoms with van der Waals surface area (Å²) in [5, 5.41) is 30.9. The third kappa shape index (κ3) is 4.12. The smallest absolute Gasteiger partial charge is 0.209 e. The predicted molar refractivity (Wildman–Crippen MR) is 100 cm³/mol. The van der Waals surface area contributed by atoms with Crippen molar-refractivity contribution in [1.29, 1.82) is 0 Å². The molecule has 1 aromatic heterocycles. The highest BCUT2D eigenvalue weighted by Gasteiger charge is 2.45. The molecule has 3 unspecified atom stereocenters. The number of fused-ring (bicyclic) bond motifs is 1. The molecule has 2 aliphatic rings. The first-order valence-corrected chi connectivity index (χ1v) is 8.99. The summed E-state index contributed by atoms with van der Waals surface area (Å²) < 4.78 is 12.2. The van der Waals surface area contributed by atoms with Gasteiger partial charge >= 0.3 is 0 Å². The Morgan fingerprint density at radius 1 is 1.34 bits per heavy atom. The number of terminal acetylenes is 1. The Hall–Kier alpha value is -2.48. The van der Waals surface area contributed by atoms with Crippen LogP contribution in [0.15, 0.2) is 11.3 Å². The summed E-state index contributed by atoms with van der Waals surface area (Å²) >= 11 is 0. The van der Waals surface area contributed by atoms with Crippen LogP contribution < -0.4 is 5.73 Å². The van der Waals surface area contributed by atoms with Gasteiger partial charge in [-0.05, 0) is 12.8 Å². The minimum atomic E-state index is -1.29. The summed E-state index contributed by atoms with van der Waals surface area (Å²) in [4.78, 5) is 14.2. The molecule has 29 heavy (non-hydrogen) atoms. The largest absolute Gasteiger partial charge is 0.394 e. The van der Waals surface area contributed by atoms with Gasteiger partial charge in [-0.2, -0.15) is 0 Å². The van der Waals surface area contributed by atoms with E-state index in [1.54, 1.807) is 0 Å². The number of aromatic nitrogens is 2. The van der Waals surface area contributed by atoms with Gasteiger partial charge in [0.05, 0.1) is 12.9 Å². The van der Waals surface area contributed by atoms with Crippen molar-refractivity contribution < 1.29 is 29.6 Å². The minimum Gasteiger partial charge on any atom is -0.394 e. The van der Waals surface area contributed by atoms with Crippen molar-refractivity contribution >= 4 is 11.7 Å². The summed E-state index contributed by atoms with van der Waals surface area (Å²) in [6, 6.07) is 0. The molecule has 156 valence electrons. The second-order valence-corrected chi connectivity index (χ2v) is 6.21. The summed E-state index contributed by atoms with van der Waals surface area (Å²) in [6.07, 6.45) is 1.28. The molecular weight excluding hydrogens is 382 g/mol. The maximum Gasteiger partial charge on any atom is 0.209 e. The first-order valence-electron chi connectivity index (χ1n) is 8.99. The van der Waals surface area contributed by atoms with Gasteiger partial charge in [0, 0.05) is 6.61 Å². The topological polar surface area (TPSA) is 148 Å². The highest BCUT2D eigenvalue weighted by Crippen LogP contribution is 2.37. The van der Waals surface area contributed by atoms with Gasteiger partial charge in [-0.25, -0.2) is 15.0 Å². The second kappa shape index (κ2) is 9.35. The highest BCUT2D eigenvalue weighted by molar-refractivity contribution is 6.00. The fourth-order valence-electron chi connectivity index (χ4n) is 2.98. The number of aliphatic hydroxyl groups excluding tert-OH is 3. The Balaban J connectivity index is 1.96. The van der Waals surface area contributed by atoms with Crippen LogP contribution in [-0.2, 0) is 14.3 Å². The molecule has 0 radical (unpaired) electrons. The van der Waals surface area contributed by atoms with Crippen molar-refractivity contribution in [2.75, 3.05) is 26.4 Å². The van der Waals surface area contributed by atoms with Crippen LogP contribution in [0.5, 0.6) is 0 Å². The van der Waals surface area contributed by atoms with Crippen molar-refractivity contribution in [1.82, 2.24) is 14.6 Å². The van der Waals surface area contributed by atoms with Crippen molar-refractivity contribution in [3.8, 4) is 24.2 Å². The summed E-state index contributed by atoms with van der Waals surface area (Å²) in [5.41, 5.74) is 6.61. The molecule has 0 saturated carbocycles. The van der Waals surface area contributed by atoms with Gasteiger partial charge in [0.2, 0.25) is 5.84 Å². The van der Waals surface area contributed by atoms with Crippen molar-refractivity contribution in [2.24, 2.45) is 10.7 Å². The fourth-order valence-corrected chi connectivity index (χ4v) is 2.98. The van der Waals surface area contributed by atoms with Crippen LogP contribution >= 0.6 is 0 Å². The fraction of sp³-hybridized carbons (Fsp3) is 0.556. The van der Waals surface area contributed by atoms with E-state index in [1.807, 2.05) is 6.92 Å². The van der Waals surface area contributed by atoms with E-state index in [0.29, 0.717) is 12.3 Å². The standard InChI is InChI=1S/C18H23N5O6/c1-3-7-28-23-12(6-5-8-27-4-2)21-17-13(16(23)19)20-10-22(17)18-15(26)14(25)11(9-24)29-18/h1,10-11,14-16,18,24-26H,4,7-9,19H2,2H3/t11-,14?,15?,16?,18-/m1/s1. The lowest BCUT2D eigenvalue weighted by atomic mass is 10.1. The van der Waals surface area contributed by atoms with Gasteiger partial charge in [-0.1, -0.05) is 11.8 Å². The maximum atomic E-state index is 10.3. The Morgan fingerprint density at radius 2 is 2.14 bits per heavy atom. The quantitative estimate of drug-likeness (QED) is 0.324. The molecule has 5 atom stereocenters. The van der Waals surface area contributed by atoms with Gasteiger partial charge in [-0.15, -0.1) is 6.42 Å².